The molecule has 1 aliphatic rings. The Morgan fingerprint density at radius 2 is 1.55 bits per heavy atom. The lowest BCUT2D eigenvalue weighted by Gasteiger charge is -2.29. The average Bonchev–Trinajstić information content (AvgIpc) is 2.75. The Balaban J connectivity index is 1.72. The van der Waals surface area contributed by atoms with Crippen LogP contribution >= 0.6 is 0 Å². The Morgan fingerprint density at radius 3 is 2.13 bits per heavy atom. The average molecular weight is 427 g/mol. The van der Waals surface area contributed by atoms with Gasteiger partial charge >= 0.3 is 0 Å². The van der Waals surface area contributed by atoms with Crippen LogP contribution in [0.15, 0.2) is 36.4 Å². The topological polar surface area (TPSA) is 17.1 Å². The van der Waals surface area contributed by atoms with E-state index in [1.165, 1.54) is 25.7 Å². The molecule has 0 spiro atoms. The fourth-order valence-corrected chi connectivity index (χ4v) is 4.78. The molecule has 1 aliphatic carbocycles. The molecule has 1 fully saturated rings. The third-order valence-electron chi connectivity index (χ3n) is 6.75. The number of carbonyl (C=O) groups excluding carboxylic acids is 1. The van der Waals surface area contributed by atoms with E-state index in [0.29, 0.717) is 16.7 Å². The van der Waals surface area contributed by atoms with Gasteiger partial charge in [0.25, 0.3) is 0 Å². The molecule has 0 aliphatic heterocycles. The molecule has 0 radical (unpaired) electrons. The summed E-state index contributed by atoms with van der Waals surface area (Å²) in [4.78, 5) is 12.4. The molecule has 31 heavy (non-hydrogen) atoms. The van der Waals surface area contributed by atoms with Crippen molar-refractivity contribution in [1.82, 2.24) is 0 Å². The summed E-state index contributed by atoms with van der Waals surface area (Å²) < 4.78 is 30.0. The molecule has 168 valence electrons. The lowest BCUT2D eigenvalue weighted by molar-refractivity contribution is 0.0858. The highest BCUT2D eigenvalue weighted by Crippen LogP contribution is 2.40. The monoisotopic (exact) mass is 426 g/mol. The molecular weight excluding hydrogens is 390 g/mol. The second kappa shape index (κ2) is 10.1. The minimum absolute atomic E-state index is 0.0337. The largest absolute Gasteiger partial charge is 0.294 e. The molecule has 3 rings (SSSR count). The van der Waals surface area contributed by atoms with Gasteiger partial charge in [-0.25, -0.2) is 8.78 Å². The molecule has 3 heteroatoms. The minimum Gasteiger partial charge on any atom is -0.294 e. The number of rotatable bonds is 7. The summed E-state index contributed by atoms with van der Waals surface area (Å²) in [5.74, 6) is -0.604. The number of Topliss-reactive ketones (excluding diaryl/α,β-unsaturated/α-hetero) is 1. The number of benzene rings is 2. The predicted octanol–water partition coefficient (Wildman–Crippen LogP) is 8.71. The van der Waals surface area contributed by atoms with Crippen LogP contribution in [-0.4, -0.2) is 5.78 Å². The number of hydrogen-bond acceptors (Lipinski definition) is 1. The predicted molar refractivity (Wildman–Crippen MR) is 124 cm³/mol. The summed E-state index contributed by atoms with van der Waals surface area (Å²) in [5.41, 5.74) is 1.48. The summed E-state index contributed by atoms with van der Waals surface area (Å²) in [6.45, 7) is 7.83. The molecule has 0 bridgehead atoms. The maximum absolute atomic E-state index is 15.0. The van der Waals surface area contributed by atoms with Crippen molar-refractivity contribution in [2.24, 2.45) is 11.3 Å². The zero-order chi connectivity index (χ0) is 22.6. The van der Waals surface area contributed by atoms with Crippen LogP contribution < -0.4 is 0 Å². The van der Waals surface area contributed by atoms with Crippen LogP contribution in [0.2, 0.25) is 0 Å². The van der Waals surface area contributed by atoms with Crippen molar-refractivity contribution >= 4 is 5.78 Å². The summed E-state index contributed by atoms with van der Waals surface area (Å²) in [6.07, 6.45) is 9.18. The lowest BCUT2D eigenvalue weighted by atomic mass is 9.76. The molecule has 2 aromatic rings. The molecule has 0 unspecified atom stereocenters. The van der Waals surface area contributed by atoms with Crippen LogP contribution in [0.1, 0.15) is 101 Å². The Kier molecular flexibility index (Phi) is 7.67. The van der Waals surface area contributed by atoms with Gasteiger partial charge in [0.2, 0.25) is 0 Å². The van der Waals surface area contributed by atoms with E-state index in [4.69, 9.17) is 0 Å². The fraction of sp³-hybridized carbons (Fsp3) is 0.536. The SMILES string of the molecule is CCCCCC1CCC(c2ccc(-c3ccc(C(=O)C(C)(C)C)cc3)c(F)c2F)CC1. The van der Waals surface area contributed by atoms with Gasteiger partial charge in [-0.3, -0.25) is 4.79 Å². The van der Waals surface area contributed by atoms with E-state index in [2.05, 4.69) is 6.92 Å². The lowest BCUT2D eigenvalue weighted by Crippen LogP contribution is -2.19. The Bertz CT molecular complexity index is 884. The summed E-state index contributed by atoms with van der Waals surface area (Å²) in [5, 5.41) is 0. The number of ketones is 1. The van der Waals surface area contributed by atoms with E-state index < -0.39 is 17.0 Å². The summed E-state index contributed by atoms with van der Waals surface area (Å²) >= 11 is 0. The van der Waals surface area contributed by atoms with Crippen LogP contribution in [0, 0.1) is 23.0 Å². The van der Waals surface area contributed by atoms with Gasteiger partial charge in [-0.05, 0) is 48.6 Å². The van der Waals surface area contributed by atoms with Gasteiger partial charge in [0.15, 0.2) is 17.4 Å². The maximum atomic E-state index is 15.0. The number of carbonyl (C=O) groups is 1. The first-order valence-electron chi connectivity index (χ1n) is 11.9. The molecule has 2 aromatic carbocycles. The molecule has 0 saturated heterocycles. The minimum atomic E-state index is -0.780. The van der Waals surface area contributed by atoms with Gasteiger partial charge in [0.05, 0.1) is 0 Å². The highest BCUT2D eigenvalue weighted by Gasteiger charge is 2.27. The van der Waals surface area contributed by atoms with Crippen LogP contribution in [-0.2, 0) is 0 Å². The normalized spacial score (nSPS) is 19.4. The van der Waals surface area contributed by atoms with E-state index in [0.717, 1.165) is 31.6 Å². The molecule has 0 atom stereocenters. The van der Waals surface area contributed by atoms with Gasteiger partial charge in [-0.2, -0.15) is 0 Å². The first-order valence-corrected chi connectivity index (χ1v) is 11.9. The van der Waals surface area contributed by atoms with Gasteiger partial charge in [-0.15, -0.1) is 0 Å². The van der Waals surface area contributed by atoms with Crippen molar-refractivity contribution in [1.29, 1.82) is 0 Å². The fourth-order valence-electron chi connectivity index (χ4n) is 4.78. The van der Waals surface area contributed by atoms with Crippen molar-refractivity contribution in [2.75, 3.05) is 0 Å². The number of unbranched alkanes of at least 4 members (excludes halogenated alkanes) is 2. The molecule has 1 saturated carbocycles. The second-order valence-electron chi connectivity index (χ2n) is 10.2. The molecular formula is C28H36F2O. The van der Waals surface area contributed by atoms with E-state index >= 15 is 4.39 Å². The molecule has 0 aromatic heterocycles. The standard InChI is InChI=1S/C28H36F2O/c1-5-6-7-8-19-9-11-20(12-10-19)23-17-18-24(26(30)25(23)29)21-13-15-22(16-14-21)27(31)28(2,3)4/h13-20H,5-12H2,1-4H3. The van der Waals surface area contributed by atoms with Crippen LogP contribution in [0.25, 0.3) is 11.1 Å². The van der Waals surface area contributed by atoms with Crippen LogP contribution in [0.4, 0.5) is 8.78 Å². The highest BCUT2D eigenvalue weighted by molar-refractivity contribution is 6.00. The van der Waals surface area contributed by atoms with Crippen molar-refractivity contribution in [2.45, 2.75) is 85.0 Å². The number of halogens is 2. The quantitative estimate of drug-likeness (QED) is 0.319. The van der Waals surface area contributed by atoms with Crippen molar-refractivity contribution < 1.29 is 13.6 Å². The van der Waals surface area contributed by atoms with Gasteiger partial charge in [-0.1, -0.05) is 89.8 Å². The molecule has 0 amide bonds. The maximum Gasteiger partial charge on any atom is 0.168 e. The van der Waals surface area contributed by atoms with E-state index in [1.54, 1.807) is 36.4 Å². The van der Waals surface area contributed by atoms with E-state index in [1.807, 2.05) is 20.8 Å². The smallest absolute Gasteiger partial charge is 0.168 e. The first kappa shape index (κ1) is 23.6. The molecule has 0 heterocycles. The van der Waals surface area contributed by atoms with Crippen molar-refractivity contribution in [3.63, 3.8) is 0 Å². The summed E-state index contributed by atoms with van der Waals surface area (Å²) in [6, 6.07) is 10.3. The van der Waals surface area contributed by atoms with Crippen LogP contribution in [0.5, 0.6) is 0 Å². The zero-order valence-electron chi connectivity index (χ0n) is 19.4. The zero-order valence-corrected chi connectivity index (χ0v) is 19.4. The Morgan fingerprint density at radius 1 is 0.903 bits per heavy atom. The van der Waals surface area contributed by atoms with E-state index in [9.17, 15) is 9.18 Å². The second-order valence-corrected chi connectivity index (χ2v) is 10.2. The van der Waals surface area contributed by atoms with Gasteiger partial charge < -0.3 is 0 Å². The number of hydrogen-bond donors (Lipinski definition) is 0. The molecule has 0 N–H and O–H groups in total. The third kappa shape index (κ3) is 5.61. The summed E-state index contributed by atoms with van der Waals surface area (Å²) in [7, 11) is 0. The van der Waals surface area contributed by atoms with Gasteiger partial charge in [0, 0.05) is 16.5 Å². The third-order valence-corrected chi connectivity index (χ3v) is 6.75. The van der Waals surface area contributed by atoms with Crippen molar-refractivity contribution in [3.8, 4) is 11.1 Å². The Hall–Kier alpha value is -2.03. The Labute approximate surface area is 186 Å². The van der Waals surface area contributed by atoms with Crippen molar-refractivity contribution in [3.05, 3.63) is 59.2 Å². The van der Waals surface area contributed by atoms with E-state index in [-0.39, 0.29) is 17.3 Å². The highest BCUT2D eigenvalue weighted by atomic mass is 19.2. The molecule has 1 nitrogen and oxygen atoms in total. The first-order chi connectivity index (χ1) is 14.7. The van der Waals surface area contributed by atoms with Gasteiger partial charge in [0.1, 0.15) is 0 Å². The van der Waals surface area contributed by atoms with Crippen LogP contribution in [0.3, 0.4) is 0 Å².